The summed E-state index contributed by atoms with van der Waals surface area (Å²) in [7, 11) is 0. The van der Waals surface area contributed by atoms with Gasteiger partial charge in [-0.3, -0.25) is 4.79 Å². The number of hydrogen-bond acceptors (Lipinski definition) is 2. The summed E-state index contributed by atoms with van der Waals surface area (Å²) in [5.41, 5.74) is -0.779. The number of carbonyl (C=O) groups excluding carboxylic acids is 1. The number of allylic oxidation sites excluding steroid dienone is 7. The topological polar surface area (TPSA) is 49.3 Å². The van der Waals surface area contributed by atoms with Gasteiger partial charge in [-0.25, -0.2) is 0 Å². The van der Waals surface area contributed by atoms with Gasteiger partial charge in [0, 0.05) is 6.54 Å². The fourth-order valence-electron chi connectivity index (χ4n) is 2.38. The van der Waals surface area contributed by atoms with Crippen LogP contribution in [0.15, 0.2) is 48.6 Å². The Morgan fingerprint density at radius 2 is 1.72 bits per heavy atom. The molecular weight excluding hydrogens is 310 g/mol. The Bertz CT molecular complexity index is 449. The molecule has 1 atom stereocenters. The molecule has 142 valence electrons. The Morgan fingerprint density at radius 1 is 1.00 bits per heavy atom. The van der Waals surface area contributed by atoms with Crippen LogP contribution < -0.4 is 5.32 Å². The maximum Gasteiger partial charge on any atom is 0.243 e. The first kappa shape index (κ1) is 23.4. The Labute approximate surface area is 154 Å². The molecule has 0 fully saturated rings. The zero-order valence-corrected chi connectivity index (χ0v) is 16.3. The van der Waals surface area contributed by atoms with Gasteiger partial charge in [-0.2, -0.15) is 0 Å². The molecule has 25 heavy (non-hydrogen) atoms. The Hall–Kier alpha value is -1.61. The van der Waals surface area contributed by atoms with Crippen LogP contribution in [-0.2, 0) is 4.79 Å². The van der Waals surface area contributed by atoms with Crippen molar-refractivity contribution >= 4 is 5.91 Å². The third kappa shape index (κ3) is 14.4. The van der Waals surface area contributed by atoms with E-state index in [0.29, 0.717) is 13.0 Å². The van der Waals surface area contributed by atoms with Crippen LogP contribution in [0.4, 0.5) is 0 Å². The van der Waals surface area contributed by atoms with E-state index in [9.17, 15) is 9.90 Å². The molecule has 0 radical (unpaired) electrons. The quantitative estimate of drug-likeness (QED) is 0.256. The van der Waals surface area contributed by atoms with E-state index < -0.39 is 5.60 Å². The van der Waals surface area contributed by atoms with Gasteiger partial charge < -0.3 is 10.4 Å². The Morgan fingerprint density at radius 3 is 2.40 bits per heavy atom. The van der Waals surface area contributed by atoms with Crippen LogP contribution in [0.5, 0.6) is 0 Å². The average Bonchev–Trinajstić information content (AvgIpc) is 2.62. The summed E-state index contributed by atoms with van der Waals surface area (Å²) < 4.78 is 0. The monoisotopic (exact) mass is 347 g/mol. The van der Waals surface area contributed by atoms with Gasteiger partial charge in [0.25, 0.3) is 0 Å². The number of unbranched alkanes of at least 4 members (excludes halogenated alkanes) is 4. The third-order valence-electron chi connectivity index (χ3n) is 4.18. The molecule has 0 aliphatic heterocycles. The van der Waals surface area contributed by atoms with Crippen molar-refractivity contribution in [3.63, 3.8) is 0 Å². The van der Waals surface area contributed by atoms with Crippen LogP contribution >= 0.6 is 0 Å². The van der Waals surface area contributed by atoms with Crippen LogP contribution in [-0.4, -0.2) is 23.2 Å². The second kappa shape index (κ2) is 15.9. The number of carbonyl (C=O) groups is 1. The predicted molar refractivity (Wildman–Crippen MR) is 108 cm³/mol. The van der Waals surface area contributed by atoms with Crippen molar-refractivity contribution in [2.45, 2.75) is 77.7 Å². The zero-order valence-electron chi connectivity index (χ0n) is 16.3. The molecule has 2 N–H and O–H groups in total. The minimum absolute atomic E-state index is 0.127. The van der Waals surface area contributed by atoms with Crippen molar-refractivity contribution in [2.24, 2.45) is 0 Å². The van der Waals surface area contributed by atoms with E-state index in [4.69, 9.17) is 0 Å². The summed E-state index contributed by atoms with van der Waals surface area (Å²) >= 11 is 0. The molecule has 0 aliphatic rings. The van der Waals surface area contributed by atoms with Gasteiger partial charge in [0.15, 0.2) is 0 Å². The number of rotatable bonds is 14. The minimum atomic E-state index is -0.779. The van der Waals surface area contributed by atoms with Gasteiger partial charge in [0.2, 0.25) is 5.91 Å². The highest BCUT2D eigenvalue weighted by Gasteiger charge is 2.24. The second-order valence-electron chi connectivity index (χ2n) is 6.42. The van der Waals surface area contributed by atoms with E-state index in [0.717, 1.165) is 32.1 Å². The largest absolute Gasteiger partial charge is 0.388 e. The maximum absolute atomic E-state index is 11.8. The fraction of sp³-hybridized carbons (Fsp3) is 0.591. The lowest BCUT2D eigenvalue weighted by molar-refractivity contribution is -0.117. The van der Waals surface area contributed by atoms with Crippen molar-refractivity contribution in [1.82, 2.24) is 5.32 Å². The summed E-state index contributed by atoms with van der Waals surface area (Å²) in [6.07, 6.45) is 23.2. The van der Waals surface area contributed by atoms with E-state index in [-0.39, 0.29) is 5.91 Å². The van der Waals surface area contributed by atoms with Crippen molar-refractivity contribution in [2.75, 3.05) is 6.54 Å². The molecule has 0 aliphatic carbocycles. The van der Waals surface area contributed by atoms with E-state index in [1.807, 2.05) is 50.3 Å². The Balaban J connectivity index is 3.98. The van der Waals surface area contributed by atoms with Gasteiger partial charge >= 0.3 is 0 Å². The average molecular weight is 348 g/mol. The van der Waals surface area contributed by atoms with E-state index in [2.05, 4.69) is 18.3 Å². The van der Waals surface area contributed by atoms with E-state index in [1.54, 1.807) is 6.08 Å². The molecule has 0 aromatic rings. The molecule has 0 bridgehead atoms. The van der Waals surface area contributed by atoms with Gasteiger partial charge in [-0.05, 0) is 38.7 Å². The number of aliphatic hydroxyl groups is 1. The summed E-state index contributed by atoms with van der Waals surface area (Å²) in [6.45, 7) is 6.46. The maximum atomic E-state index is 11.8. The Kier molecular flexibility index (Phi) is 14.9. The number of hydrogen-bond donors (Lipinski definition) is 2. The summed E-state index contributed by atoms with van der Waals surface area (Å²) in [5.74, 6) is -0.127. The first-order valence-corrected chi connectivity index (χ1v) is 9.69. The molecule has 0 spiro atoms. The summed E-state index contributed by atoms with van der Waals surface area (Å²) in [5, 5.41) is 13.4. The lowest BCUT2D eigenvalue weighted by Gasteiger charge is -2.27. The molecular formula is C22H37NO2. The minimum Gasteiger partial charge on any atom is -0.388 e. The van der Waals surface area contributed by atoms with Gasteiger partial charge in [-0.15, -0.1) is 0 Å². The lowest BCUT2D eigenvalue weighted by atomic mass is 9.93. The molecule has 0 aromatic heterocycles. The molecule has 0 rings (SSSR count). The number of nitrogens with one attached hydrogen (secondary N) is 1. The lowest BCUT2D eigenvalue weighted by Crippen LogP contribution is -2.42. The molecule has 0 aromatic carbocycles. The zero-order chi connectivity index (χ0) is 18.8. The third-order valence-corrected chi connectivity index (χ3v) is 4.18. The highest BCUT2D eigenvalue weighted by molar-refractivity contribution is 5.87. The van der Waals surface area contributed by atoms with Crippen molar-refractivity contribution in [1.29, 1.82) is 0 Å². The summed E-state index contributed by atoms with van der Waals surface area (Å²) in [6, 6.07) is 0. The molecule has 0 heterocycles. The first-order chi connectivity index (χ1) is 12.1. The molecule has 3 nitrogen and oxygen atoms in total. The van der Waals surface area contributed by atoms with Crippen molar-refractivity contribution < 1.29 is 9.90 Å². The molecule has 0 saturated heterocycles. The van der Waals surface area contributed by atoms with Gasteiger partial charge in [0.05, 0.1) is 5.60 Å². The summed E-state index contributed by atoms with van der Waals surface area (Å²) in [4.78, 5) is 11.8. The van der Waals surface area contributed by atoms with Crippen LogP contribution in [0, 0.1) is 0 Å². The van der Waals surface area contributed by atoms with Crippen LogP contribution in [0.2, 0.25) is 0 Å². The second-order valence-corrected chi connectivity index (χ2v) is 6.42. The van der Waals surface area contributed by atoms with Crippen molar-refractivity contribution in [3.8, 4) is 0 Å². The van der Waals surface area contributed by atoms with Crippen LogP contribution in [0.1, 0.15) is 72.1 Å². The van der Waals surface area contributed by atoms with E-state index in [1.165, 1.54) is 12.8 Å². The number of amides is 1. The highest BCUT2D eigenvalue weighted by atomic mass is 16.3. The van der Waals surface area contributed by atoms with Crippen molar-refractivity contribution in [3.05, 3.63) is 48.6 Å². The smallest absolute Gasteiger partial charge is 0.243 e. The van der Waals surface area contributed by atoms with Crippen LogP contribution in [0.25, 0.3) is 0 Å². The SMILES string of the molecule is CC=CC=CC=CCCC=CC(=O)NCC(O)(CC)CCCCCC. The van der Waals surface area contributed by atoms with Crippen LogP contribution in [0.3, 0.4) is 0 Å². The molecule has 0 saturated carbocycles. The molecule has 1 amide bonds. The molecule has 3 heteroatoms. The van der Waals surface area contributed by atoms with Gasteiger partial charge in [0.1, 0.15) is 0 Å². The first-order valence-electron chi connectivity index (χ1n) is 9.69. The standard InChI is InChI=1S/C22H37NO2/c1-4-7-9-11-12-13-14-15-16-18-21(24)23-20-22(25,6-3)19-17-10-8-5-2/h4,7,9,11-13,16,18,25H,5-6,8,10,14-15,17,19-20H2,1-3H3,(H,23,24). The molecule has 1 unspecified atom stereocenters. The normalized spacial score (nSPS) is 14.9. The highest BCUT2D eigenvalue weighted by Crippen LogP contribution is 2.18. The predicted octanol–water partition coefficient (Wildman–Crippen LogP) is 5.24. The van der Waals surface area contributed by atoms with Gasteiger partial charge in [-0.1, -0.05) is 82.1 Å². The van der Waals surface area contributed by atoms with E-state index >= 15 is 0 Å². The fourth-order valence-corrected chi connectivity index (χ4v) is 2.38.